The zero-order valence-electron chi connectivity index (χ0n) is 17.6. The highest BCUT2D eigenvalue weighted by atomic mass is 16.6. The van der Waals surface area contributed by atoms with E-state index in [0.29, 0.717) is 0 Å². The maximum absolute atomic E-state index is 12.6. The molecule has 7 nitrogen and oxygen atoms in total. The van der Waals surface area contributed by atoms with E-state index in [4.69, 9.17) is 15.2 Å². The lowest BCUT2D eigenvalue weighted by atomic mass is 10.0. The normalized spacial score (nSPS) is 12.8. The number of hydrogen-bond acceptors (Lipinski definition) is 6. The lowest BCUT2D eigenvalue weighted by molar-refractivity contribution is -0.157. The molecule has 1 aromatic rings. The molecule has 1 atom stereocenters. The third-order valence-corrected chi connectivity index (χ3v) is 3.47. The van der Waals surface area contributed by atoms with Crippen LogP contribution in [0.25, 0.3) is 0 Å². The number of esters is 1. The first-order chi connectivity index (χ1) is 12.8. The molecule has 0 radical (unpaired) electrons. The van der Waals surface area contributed by atoms with Crippen molar-refractivity contribution in [2.24, 2.45) is 5.73 Å². The number of ether oxygens (including phenoxy) is 2. The molecule has 0 saturated carbocycles. The van der Waals surface area contributed by atoms with E-state index in [-0.39, 0.29) is 25.2 Å². The molecule has 0 bridgehead atoms. The Hall–Kier alpha value is -2.41. The maximum Gasteiger partial charge on any atom is 0.408 e. The second-order valence-electron chi connectivity index (χ2n) is 8.67. The fourth-order valence-corrected chi connectivity index (χ4v) is 2.34. The predicted molar refractivity (Wildman–Crippen MR) is 107 cm³/mol. The summed E-state index contributed by atoms with van der Waals surface area (Å²) < 4.78 is 10.7. The first-order valence-electron chi connectivity index (χ1n) is 9.31. The van der Waals surface area contributed by atoms with Gasteiger partial charge in [0.1, 0.15) is 17.2 Å². The van der Waals surface area contributed by atoms with Gasteiger partial charge in [0.15, 0.2) is 5.78 Å². The quantitative estimate of drug-likeness (QED) is 0.691. The fraction of sp³-hybridized carbons (Fsp3) is 0.571. The highest BCUT2D eigenvalue weighted by molar-refractivity contribution is 5.83. The molecule has 28 heavy (non-hydrogen) atoms. The summed E-state index contributed by atoms with van der Waals surface area (Å²) in [5.74, 6) is -0.591. The molecule has 0 aliphatic heterocycles. The number of ketones is 1. The minimum Gasteiger partial charge on any atom is -0.458 e. The second kappa shape index (κ2) is 9.68. The zero-order valence-corrected chi connectivity index (χ0v) is 17.6. The van der Waals surface area contributed by atoms with Gasteiger partial charge in [0, 0.05) is 12.8 Å². The highest BCUT2D eigenvalue weighted by Gasteiger charge is 2.28. The summed E-state index contributed by atoms with van der Waals surface area (Å²) in [5.41, 5.74) is 5.63. The number of benzene rings is 1. The number of alkyl carbamates (subject to hydrolysis) is 1. The van der Waals surface area contributed by atoms with Crippen molar-refractivity contribution in [2.75, 3.05) is 6.54 Å². The molecule has 0 heterocycles. The van der Waals surface area contributed by atoms with Crippen molar-refractivity contribution in [3.05, 3.63) is 35.4 Å². The third kappa shape index (κ3) is 9.50. The molecule has 1 amide bonds. The van der Waals surface area contributed by atoms with Gasteiger partial charge in [0.05, 0.1) is 6.54 Å². The van der Waals surface area contributed by atoms with Crippen molar-refractivity contribution >= 4 is 17.8 Å². The van der Waals surface area contributed by atoms with Crippen LogP contribution in [0.15, 0.2) is 24.3 Å². The number of carbonyl (C=O) groups is 3. The van der Waals surface area contributed by atoms with Gasteiger partial charge in [0.2, 0.25) is 0 Å². The van der Waals surface area contributed by atoms with E-state index in [2.05, 4.69) is 5.32 Å². The molecule has 7 heteroatoms. The molecule has 0 fully saturated rings. The molecule has 0 aliphatic rings. The van der Waals surface area contributed by atoms with Crippen molar-refractivity contribution in [1.29, 1.82) is 0 Å². The molecular formula is C21H32N2O5. The summed E-state index contributed by atoms with van der Waals surface area (Å²) in [4.78, 5) is 36.2. The smallest absolute Gasteiger partial charge is 0.408 e. The molecule has 0 aliphatic carbocycles. The van der Waals surface area contributed by atoms with Gasteiger partial charge < -0.3 is 20.5 Å². The number of hydrogen-bond donors (Lipinski definition) is 2. The van der Waals surface area contributed by atoms with E-state index in [1.54, 1.807) is 41.5 Å². The summed E-state index contributed by atoms with van der Waals surface area (Å²) >= 11 is 0. The minimum absolute atomic E-state index is 0.00226. The number of amides is 1. The van der Waals surface area contributed by atoms with Crippen LogP contribution in [-0.2, 0) is 31.9 Å². The number of nitrogens with two attached hydrogens (primary N) is 1. The van der Waals surface area contributed by atoms with Crippen LogP contribution in [0.3, 0.4) is 0 Å². The number of carbonyl (C=O) groups excluding carboxylic acids is 3. The summed E-state index contributed by atoms with van der Waals surface area (Å²) in [6.45, 7) is 10.5. The zero-order chi connectivity index (χ0) is 21.5. The molecule has 1 aromatic carbocycles. The summed E-state index contributed by atoms with van der Waals surface area (Å²) in [6.07, 6.45) is -0.185. The van der Waals surface area contributed by atoms with E-state index >= 15 is 0 Å². The van der Waals surface area contributed by atoms with Crippen molar-refractivity contribution in [3.63, 3.8) is 0 Å². The molecule has 1 rings (SSSR count). The van der Waals surface area contributed by atoms with Gasteiger partial charge in [-0.3, -0.25) is 4.79 Å². The average Bonchev–Trinajstić information content (AvgIpc) is 2.52. The van der Waals surface area contributed by atoms with Crippen LogP contribution in [0, 0.1) is 0 Å². The van der Waals surface area contributed by atoms with E-state index in [1.807, 2.05) is 24.3 Å². The van der Waals surface area contributed by atoms with Crippen LogP contribution in [0.4, 0.5) is 4.79 Å². The second-order valence-corrected chi connectivity index (χ2v) is 8.67. The van der Waals surface area contributed by atoms with Gasteiger partial charge in [0.25, 0.3) is 0 Å². The summed E-state index contributed by atoms with van der Waals surface area (Å²) in [6, 6.07) is 6.34. The molecule has 0 aromatic heterocycles. The third-order valence-electron chi connectivity index (χ3n) is 3.47. The topological polar surface area (TPSA) is 108 Å². The molecule has 0 unspecified atom stereocenters. The Bertz CT molecular complexity index is 684. The van der Waals surface area contributed by atoms with Crippen LogP contribution in [-0.4, -0.2) is 41.6 Å². The summed E-state index contributed by atoms with van der Waals surface area (Å²) in [5, 5.41) is 2.59. The van der Waals surface area contributed by atoms with Gasteiger partial charge in [-0.15, -0.1) is 0 Å². The van der Waals surface area contributed by atoms with Crippen LogP contribution < -0.4 is 11.1 Å². The fourth-order valence-electron chi connectivity index (χ4n) is 2.34. The van der Waals surface area contributed by atoms with E-state index < -0.39 is 29.3 Å². The van der Waals surface area contributed by atoms with Crippen molar-refractivity contribution in [1.82, 2.24) is 5.32 Å². The molecule has 0 spiro atoms. The van der Waals surface area contributed by atoms with Gasteiger partial charge in [-0.25, -0.2) is 9.59 Å². The molecule has 0 saturated heterocycles. The van der Waals surface area contributed by atoms with E-state index in [9.17, 15) is 14.4 Å². The summed E-state index contributed by atoms with van der Waals surface area (Å²) in [7, 11) is 0. The van der Waals surface area contributed by atoms with Crippen LogP contribution >= 0.6 is 0 Å². The monoisotopic (exact) mass is 392 g/mol. The standard InChI is InChI=1S/C21H32N2O5/c1-20(2,3)27-18(25)17(23-19(26)28-21(4,5)6)12-15-9-7-14(8-10-15)11-16(24)13-22/h7-10,17H,11-13,22H2,1-6H3,(H,23,26)/t17-/m0/s1. The first-order valence-corrected chi connectivity index (χ1v) is 9.31. The Kier molecular flexibility index (Phi) is 8.17. The Morgan fingerprint density at radius 2 is 1.43 bits per heavy atom. The Morgan fingerprint density at radius 1 is 0.929 bits per heavy atom. The van der Waals surface area contributed by atoms with Crippen molar-refractivity contribution in [3.8, 4) is 0 Å². The van der Waals surface area contributed by atoms with Crippen LogP contribution in [0.1, 0.15) is 52.7 Å². The number of rotatable bonds is 7. The number of Topliss-reactive ketones (excluding diaryl/α,β-unsaturated/α-hetero) is 1. The van der Waals surface area contributed by atoms with E-state index in [0.717, 1.165) is 11.1 Å². The van der Waals surface area contributed by atoms with Gasteiger partial charge in [-0.1, -0.05) is 24.3 Å². The lowest BCUT2D eigenvalue weighted by Gasteiger charge is -2.26. The Balaban J connectivity index is 2.90. The molecular weight excluding hydrogens is 360 g/mol. The SMILES string of the molecule is CC(C)(C)OC(=O)N[C@@H](Cc1ccc(CC(=O)CN)cc1)C(=O)OC(C)(C)C. The largest absolute Gasteiger partial charge is 0.458 e. The van der Waals surface area contributed by atoms with Crippen molar-refractivity contribution < 1.29 is 23.9 Å². The maximum atomic E-state index is 12.6. The van der Waals surface area contributed by atoms with Gasteiger partial charge in [-0.05, 0) is 52.7 Å². The Labute approximate surface area is 167 Å². The first kappa shape index (κ1) is 23.6. The molecule has 156 valence electrons. The predicted octanol–water partition coefficient (Wildman–Crippen LogP) is 2.53. The van der Waals surface area contributed by atoms with Crippen LogP contribution in [0.5, 0.6) is 0 Å². The van der Waals surface area contributed by atoms with Crippen molar-refractivity contribution in [2.45, 2.75) is 71.6 Å². The molecule has 3 N–H and O–H groups in total. The van der Waals surface area contributed by atoms with Crippen LogP contribution in [0.2, 0.25) is 0 Å². The van der Waals surface area contributed by atoms with E-state index in [1.165, 1.54) is 0 Å². The number of nitrogens with one attached hydrogen (secondary N) is 1. The average molecular weight is 392 g/mol. The lowest BCUT2D eigenvalue weighted by Crippen LogP contribution is -2.47. The minimum atomic E-state index is -0.898. The Morgan fingerprint density at radius 3 is 1.89 bits per heavy atom. The highest BCUT2D eigenvalue weighted by Crippen LogP contribution is 2.14. The van der Waals surface area contributed by atoms with Gasteiger partial charge in [-0.2, -0.15) is 0 Å². The van der Waals surface area contributed by atoms with Gasteiger partial charge >= 0.3 is 12.1 Å².